The maximum atomic E-state index is 14.3. The van der Waals surface area contributed by atoms with E-state index in [9.17, 15) is 9.18 Å². The Morgan fingerprint density at radius 1 is 1.39 bits per heavy atom. The van der Waals surface area contributed by atoms with E-state index in [0.717, 1.165) is 42.4 Å². The number of amides is 1. The molecule has 28 heavy (non-hydrogen) atoms. The van der Waals surface area contributed by atoms with Gasteiger partial charge < -0.3 is 15.2 Å². The van der Waals surface area contributed by atoms with Crippen LogP contribution in [0.2, 0.25) is 0 Å². The van der Waals surface area contributed by atoms with Crippen LogP contribution in [0, 0.1) is 5.82 Å². The molecule has 0 spiro atoms. The Bertz CT molecular complexity index is 988. The first-order valence-electron chi connectivity index (χ1n) is 9.65. The van der Waals surface area contributed by atoms with Gasteiger partial charge in [-0.15, -0.1) is 0 Å². The second kappa shape index (κ2) is 7.92. The van der Waals surface area contributed by atoms with Crippen LogP contribution in [-0.4, -0.2) is 49.9 Å². The minimum atomic E-state index is -0.508. The van der Waals surface area contributed by atoms with Crippen LogP contribution in [-0.2, 0) is 4.79 Å². The van der Waals surface area contributed by atoms with E-state index in [-0.39, 0.29) is 17.8 Å². The zero-order valence-electron chi connectivity index (χ0n) is 15.8. The molecule has 146 valence electrons. The quantitative estimate of drug-likeness (QED) is 0.707. The van der Waals surface area contributed by atoms with E-state index in [4.69, 9.17) is 0 Å². The fourth-order valence-electron chi connectivity index (χ4n) is 3.72. The van der Waals surface area contributed by atoms with Gasteiger partial charge in [-0.1, -0.05) is 6.92 Å². The fraction of sp³-hybridized carbons (Fsp3) is 0.400. The first kappa shape index (κ1) is 18.3. The summed E-state index contributed by atoms with van der Waals surface area (Å²) >= 11 is 0. The Balaban J connectivity index is 1.55. The zero-order valence-corrected chi connectivity index (χ0v) is 15.8. The number of piperidine rings is 1. The molecule has 1 aliphatic heterocycles. The molecule has 4 rings (SSSR count). The number of aromatic nitrogens is 4. The number of pyridine rings is 1. The van der Waals surface area contributed by atoms with Gasteiger partial charge in [0.1, 0.15) is 5.65 Å². The Morgan fingerprint density at radius 3 is 3.14 bits per heavy atom. The lowest BCUT2D eigenvalue weighted by atomic mass is 10.0. The zero-order chi connectivity index (χ0) is 19.5. The van der Waals surface area contributed by atoms with E-state index in [1.54, 1.807) is 12.4 Å². The number of nitrogens with one attached hydrogen (secondary N) is 2. The molecule has 7 nitrogen and oxygen atoms in total. The standard InChI is InChI=1S/C20H23FN6O/c1-2-17(28)27-9-4-3-6-13(27)10-23-20-16(21)12-25-19(26-20)15-11-24-18-14(15)7-5-8-22-18/h5,7-8,11-13H,2-4,6,9-10H2,1H3,(H,22,24)(H,23,25,26). The molecule has 2 N–H and O–H groups in total. The van der Waals surface area contributed by atoms with Gasteiger partial charge in [0.2, 0.25) is 5.91 Å². The molecule has 8 heteroatoms. The van der Waals surface area contributed by atoms with Gasteiger partial charge in [0.15, 0.2) is 17.5 Å². The fourth-order valence-corrected chi connectivity index (χ4v) is 3.72. The third-order valence-electron chi connectivity index (χ3n) is 5.19. The molecule has 1 saturated heterocycles. The second-order valence-electron chi connectivity index (χ2n) is 6.96. The predicted octanol–water partition coefficient (Wildman–Crippen LogP) is 3.36. The van der Waals surface area contributed by atoms with Gasteiger partial charge in [0.25, 0.3) is 0 Å². The summed E-state index contributed by atoms with van der Waals surface area (Å²) in [6.07, 6.45) is 8.13. The van der Waals surface area contributed by atoms with Crippen molar-refractivity contribution < 1.29 is 9.18 Å². The molecule has 1 amide bonds. The van der Waals surface area contributed by atoms with E-state index in [1.165, 1.54) is 6.20 Å². The van der Waals surface area contributed by atoms with Crippen molar-refractivity contribution in [1.82, 2.24) is 24.8 Å². The predicted molar refractivity (Wildman–Crippen MR) is 105 cm³/mol. The summed E-state index contributed by atoms with van der Waals surface area (Å²) < 4.78 is 14.3. The number of anilines is 1. The van der Waals surface area contributed by atoms with Crippen LogP contribution in [0.15, 0.2) is 30.7 Å². The largest absolute Gasteiger partial charge is 0.365 e. The molecule has 1 atom stereocenters. The summed E-state index contributed by atoms with van der Waals surface area (Å²) in [5.74, 6) is 0.207. The van der Waals surface area contributed by atoms with Crippen molar-refractivity contribution in [2.75, 3.05) is 18.4 Å². The molecule has 0 saturated carbocycles. The number of rotatable bonds is 5. The minimum absolute atomic E-state index is 0.0521. The number of fused-ring (bicyclic) bond motifs is 1. The lowest BCUT2D eigenvalue weighted by Crippen LogP contribution is -2.46. The van der Waals surface area contributed by atoms with Crippen LogP contribution < -0.4 is 5.32 Å². The summed E-state index contributed by atoms with van der Waals surface area (Å²) in [4.78, 5) is 30.0. The number of carbonyl (C=O) groups excluding carboxylic acids is 1. The van der Waals surface area contributed by atoms with E-state index < -0.39 is 5.82 Å². The topological polar surface area (TPSA) is 86.8 Å². The van der Waals surface area contributed by atoms with Gasteiger partial charge in [0.05, 0.1) is 6.20 Å². The number of hydrogen-bond donors (Lipinski definition) is 2. The van der Waals surface area contributed by atoms with E-state index in [0.29, 0.717) is 18.8 Å². The maximum Gasteiger partial charge on any atom is 0.222 e. The SMILES string of the molecule is CCC(=O)N1CCCCC1CNc1nc(-c2c[nH]c3ncccc23)ncc1F. The summed E-state index contributed by atoms with van der Waals surface area (Å²) in [5.41, 5.74) is 1.50. The third kappa shape index (κ3) is 3.54. The van der Waals surface area contributed by atoms with Gasteiger partial charge in [-0.05, 0) is 31.4 Å². The molecule has 3 aromatic rings. The number of aromatic amines is 1. The molecular weight excluding hydrogens is 359 g/mol. The normalized spacial score (nSPS) is 17.1. The second-order valence-corrected chi connectivity index (χ2v) is 6.96. The van der Waals surface area contributed by atoms with Gasteiger partial charge in [-0.2, -0.15) is 0 Å². The van der Waals surface area contributed by atoms with Crippen molar-refractivity contribution in [1.29, 1.82) is 0 Å². The summed E-state index contributed by atoms with van der Waals surface area (Å²) in [5, 5.41) is 3.98. The molecule has 0 aromatic carbocycles. The maximum absolute atomic E-state index is 14.3. The summed E-state index contributed by atoms with van der Waals surface area (Å²) in [6.45, 7) is 3.10. The molecular formula is C20H23FN6O. The molecule has 4 heterocycles. The average Bonchev–Trinajstić information content (AvgIpc) is 3.17. The number of carbonyl (C=O) groups is 1. The highest BCUT2D eigenvalue weighted by Crippen LogP contribution is 2.26. The van der Waals surface area contributed by atoms with Crippen LogP contribution in [0.25, 0.3) is 22.4 Å². The summed E-state index contributed by atoms with van der Waals surface area (Å²) in [7, 11) is 0. The minimum Gasteiger partial charge on any atom is -0.365 e. The summed E-state index contributed by atoms with van der Waals surface area (Å²) in [6, 6.07) is 3.81. The van der Waals surface area contributed by atoms with Gasteiger partial charge in [-0.3, -0.25) is 4.79 Å². The van der Waals surface area contributed by atoms with Crippen molar-refractivity contribution in [3.8, 4) is 11.4 Å². The Kier molecular flexibility index (Phi) is 5.18. The molecule has 0 radical (unpaired) electrons. The first-order chi connectivity index (χ1) is 13.7. The van der Waals surface area contributed by atoms with Crippen molar-refractivity contribution >= 4 is 22.8 Å². The molecule has 0 bridgehead atoms. The Hall–Kier alpha value is -3.03. The molecule has 0 aliphatic carbocycles. The lowest BCUT2D eigenvalue weighted by molar-refractivity contribution is -0.134. The number of nitrogens with zero attached hydrogens (tertiary/aromatic N) is 4. The number of H-pyrrole nitrogens is 1. The third-order valence-corrected chi connectivity index (χ3v) is 5.19. The van der Waals surface area contributed by atoms with Crippen LogP contribution in [0.3, 0.4) is 0 Å². The monoisotopic (exact) mass is 382 g/mol. The van der Waals surface area contributed by atoms with Gasteiger partial charge in [-0.25, -0.2) is 19.3 Å². The van der Waals surface area contributed by atoms with Crippen molar-refractivity contribution in [2.24, 2.45) is 0 Å². The van der Waals surface area contributed by atoms with Gasteiger partial charge >= 0.3 is 0 Å². The van der Waals surface area contributed by atoms with Crippen LogP contribution in [0.5, 0.6) is 0 Å². The molecule has 3 aromatic heterocycles. The van der Waals surface area contributed by atoms with E-state index in [1.807, 2.05) is 24.0 Å². The van der Waals surface area contributed by atoms with Gasteiger partial charge in [0, 0.05) is 48.9 Å². The molecule has 1 fully saturated rings. The van der Waals surface area contributed by atoms with Crippen molar-refractivity contribution in [3.63, 3.8) is 0 Å². The van der Waals surface area contributed by atoms with Crippen LogP contribution in [0.1, 0.15) is 32.6 Å². The van der Waals surface area contributed by atoms with Crippen molar-refractivity contribution in [2.45, 2.75) is 38.6 Å². The smallest absolute Gasteiger partial charge is 0.222 e. The average molecular weight is 382 g/mol. The van der Waals surface area contributed by atoms with Crippen LogP contribution in [0.4, 0.5) is 10.2 Å². The lowest BCUT2D eigenvalue weighted by Gasteiger charge is -2.36. The highest BCUT2D eigenvalue weighted by Gasteiger charge is 2.26. The number of hydrogen-bond acceptors (Lipinski definition) is 5. The Morgan fingerprint density at radius 2 is 2.29 bits per heavy atom. The Labute approximate surface area is 162 Å². The molecule has 1 unspecified atom stereocenters. The van der Waals surface area contributed by atoms with E-state index in [2.05, 4.69) is 25.3 Å². The highest BCUT2D eigenvalue weighted by molar-refractivity contribution is 5.91. The first-order valence-corrected chi connectivity index (χ1v) is 9.65. The molecule has 1 aliphatic rings. The number of likely N-dealkylation sites (tertiary alicyclic amines) is 1. The highest BCUT2D eigenvalue weighted by atomic mass is 19.1. The number of halogens is 1. The van der Waals surface area contributed by atoms with E-state index >= 15 is 0 Å². The van der Waals surface area contributed by atoms with Crippen LogP contribution >= 0.6 is 0 Å². The van der Waals surface area contributed by atoms with Crippen molar-refractivity contribution in [3.05, 3.63) is 36.5 Å².